The van der Waals surface area contributed by atoms with Crippen LogP contribution in [-0.2, 0) is 38.8 Å². The van der Waals surface area contributed by atoms with Crippen LogP contribution in [-0.4, -0.2) is 46.5 Å². The molecule has 1 saturated heterocycles. The molecule has 6 rings (SSSR count). The summed E-state index contributed by atoms with van der Waals surface area (Å²) >= 11 is 0. The summed E-state index contributed by atoms with van der Waals surface area (Å²) in [6.45, 7) is 1.41. The molecule has 0 bridgehead atoms. The van der Waals surface area contributed by atoms with Crippen molar-refractivity contribution in [2.45, 2.75) is 44.2 Å². The van der Waals surface area contributed by atoms with E-state index in [0.29, 0.717) is 13.2 Å². The van der Waals surface area contributed by atoms with E-state index in [1.807, 2.05) is 91.0 Å². The molecule has 0 saturated carbocycles. The maximum absolute atomic E-state index is 14.1. The fraction of sp³-hybridized carbons (Fsp3) is 0.257. The van der Waals surface area contributed by atoms with Crippen LogP contribution in [0.25, 0.3) is 11.3 Å². The Labute approximate surface area is 259 Å². The van der Waals surface area contributed by atoms with Gasteiger partial charge in [0.25, 0.3) is 0 Å². The van der Waals surface area contributed by atoms with Gasteiger partial charge in [-0.2, -0.15) is 0 Å². The van der Waals surface area contributed by atoms with Gasteiger partial charge in [-0.05, 0) is 28.8 Å². The summed E-state index contributed by atoms with van der Waals surface area (Å²) in [7, 11) is 0. The minimum Gasteiger partial charge on any atom is -0.374 e. The third-order valence-electron chi connectivity index (χ3n) is 7.64. The van der Waals surface area contributed by atoms with Gasteiger partial charge in [-0.3, -0.25) is 0 Å². The molecule has 0 radical (unpaired) electrons. The summed E-state index contributed by atoms with van der Waals surface area (Å²) in [6, 6.07) is 30.5. The highest BCUT2D eigenvalue weighted by molar-refractivity contribution is 5.58. The van der Waals surface area contributed by atoms with Crippen molar-refractivity contribution in [3.8, 4) is 11.3 Å². The zero-order valence-electron chi connectivity index (χ0n) is 24.3. The van der Waals surface area contributed by atoms with Crippen LogP contribution in [0.2, 0.25) is 0 Å². The van der Waals surface area contributed by atoms with E-state index in [-0.39, 0.29) is 31.1 Å². The summed E-state index contributed by atoms with van der Waals surface area (Å²) in [5, 5.41) is 8.52. The molecule has 10 heteroatoms. The van der Waals surface area contributed by atoms with Crippen LogP contribution in [0.4, 0.5) is 13.2 Å². The Bertz CT molecular complexity index is 1630. The Balaban J connectivity index is 1.30. The predicted octanol–water partition coefficient (Wildman–Crippen LogP) is 6.69. The first kappa shape index (κ1) is 30.7. The minimum absolute atomic E-state index is 0.0518. The number of hydrogen-bond acceptors (Lipinski definition) is 6. The maximum Gasteiger partial charge on any atom is 0.194 e. The maximum atomic E-state index is 14.1. The second-order valence-corrected chi connectivity index (χ2v) is 10.8. The van der Waals surface area contributed by atoms with E-state index in [2.05, 4.69) is 10.3 Å². The molecular formula is C35H32F3N3O4. The van der Waals surface area contributed by atoms with Crippen LogP contribution in [0, 0.1) is 17.5 Å². The fourth-order valence-corrected chi connectivity index (χ4v) is 5.33. The van der Waals surface area contributed by atoms with Gasteiger partial charge in [0.1, 0.15) is 30.0 Å². The van der Waals surface area contributed by atoms with Gasteiger partial charge in [-0.15, -0.1) is 5.10 Å². The second-order valence-electron chi connectivity index (χ2n) is 10.8. The molecule has 0 N–H and O–H groups in total. The van der Waals surface area contributed by atoms with Crippen molar-refractivity contribution in [1.29, 1.82) is 0 Å². The van der Waals surface area contributed by atoms with Crippen LogP contribution < -0.4 is 0 Å². The molecule has 7 nitrogen and oxygen atoms in total. The van der Waals surface area contributed by atoms with Gasteiger partial charge in [0.15, 0.2) is 17.5 Å². The molecular weight excluding hydrogens is 583 g/mol. The van der Waals surface area contributed by atoms with Gasteiger partial charge < -0.3 is 18.9 Å². The van der Waals surface area contributed by atoms with Crippen LogP contribution in [0.5, 0.6) is 0 Å². The predicted molar refractivity (Wildman–Crippen MR) is 160 cm³/mol. The van der Waals surface area contributed by atoms with E-state index in [1.165, 1.54) is 0 Å². The lowest BCUT2D eigenvalue weighted by molar-refractivity contribution is -0.208. The van der Waals surface area contributed by atoms with Crippen molar-refractivity contribution in [2.24, 2.45) is 0 Å². The highest BCUT2D eigenvalue weighted by Gasteiger charge is 2.44. The average Bonchev–Trinajstić information content (AvgIpc) is 3.57. The molecule has 232 valence electrons. The number of rotatable bonds is 12. The molecule has 2 heterocycles. The number of benzene rings is 4. The normalized spacial score (nSPS) is 19.9. The van der Waals surface area contributed by atoms with E-state index in [9.17, 15) is 13.2 Å². The molecule has 1 aliphatic heterocycles. The second kappa shape index (κ2) is 14.6. The number of halogens is 3. The monoisotopic (exact) mass is 615 g/mol. The third-order valence-corrected chi connectivity index (χ3v) is 7.64. The topological polar surface area (TPSA) is 67.6 Å². The van der Waals surface area contributed by atoms with Crippen molar-refractivity contribution in [2.75, 3.05) is 13.2 Å². The molecule has 0 aliphatic carbocycles. The fourth-order valence-electron chi connectivity index (χ4n) is 5.33. The van der Waals surface area contributed by atoms with Gasteiger partial charge >= 0.3 is 0 Å². The lowest BCUT2D eigenvalue weighted by Gasteiger charge is -2.42. The van der Waals surface area contributed by atoms with Crippen LogP contribution in [0.1, 0.15) is 22.7 Å². The van der Waals surface area contributed by atoms with E-state index < -0.39 is 41.8 Å². The third kappa shape index (κ3) is 7.66. The summed E-state index contributed by atoms with van der Waals surface area (Å²) in [5.74, 6) is -4.17. The molecule has 5 aromatic rings. The number of hydrogen-bond donors (Lipinski definition) is 0. The first-order valence-corrected chi connectivity index (χ1v) is 14.7. The van der Waals surface area contributed by atoms with E-state index in [4.69, 9.17) is 18.9 Å². The number of aromatic nitrogens is 3. The van der Waals surface area contributed by atoms with E-state index >= 15 is 0 Å². The molecule has 0 spiro atoms. The number of ether oxygens (including phenoxy) is 4. The van der Waals surface area contributed by atoms with Gasteiger partial charge in [0.2, 0.25) is 0 Å². The zero-order chi connectivity index (χ0) is 31.0. The first-order chi connectivity index (χ1) is 22.0. The van der Waals surface area contributed by atoms with Crippen molar-refractivity contribution >= 4 is 0 Å². The largest absolute Gasteiger partial charge is 0.374 e. The smallest absolute Gasteiger partial charge is 0.194 e. The standard InChI is InChI=1S/C35H32F3N3O4/c36-28-16-27(17-29(37)33(28)38)30-18-41(40-39-30)34-31(43-20-25-12-6-2-7-13-25)23-44-32(22-42-19-24-10-4-1-5-11-24)35(34)45-21-26-14-8-3-9-15-26/h1-18,31-32,34-35H,19-23H2/t31-,32+,34+,35-/m0/s1. The van der Waals surface area contributed by atoms with Crippen molar-refractivity contribution in [3.63, 3.8) is 0 Å². The number of nitrogens with zero attached hydrogens (tertiary/aromatic N) is 3. The lowest BCUT2D eigenvalue weighted by atomic mass is 9.96. The van der Waals surface area contributed by atoms with Crippen LogP contribution in [0.3, 0.4) is 0 Å². The zero-order valence-corrected chi connectivity index (χ0v) is 24.3. The molecule has 1 aliphatic rings. The summed E-state index contributed by atoms with van der Waals surface area (Å²) in [5.41, 5.74) is 3.18. The van der Waals surface area contributed by atoms with E-state index in [1.54, 1.807) is 10.9 Å². The van der Waals surface area contributed by atoms with Gasteiger partial charge in [0.05, 0.1) is 39.2 Å². The van der Waals surface area contributed by atoms with Crippen LogP contribution in [0.15, 0.2) is 109 Å². The average molecular weight is 616 g/mol. The van der Waals surface area contributed by atoms with Crippen molar-refractivity contribution < 1.29 is 32.1 Å². The highest BCUT2D eigenvalue weighted by Crippen LogP contribution is 2.33. The van der Waals surface area contributed by atoms with Crippen molar-refractivity contribution in [1.82, 2.24) is 15.0 Å². The van der Waals surface area contributed by atoms with Crippen LogP contribution >= 0.6 is 0 Å². The Hall–Kier alpha value is -4.35. The summed E-state index contributed by atoms with van der Waals surface area (Å²) in [4.78, 5) is 0. The Morgan fingerprint density at radius 3 is 1.89 bits per heavy atom. The Kier molecular flexibility index (Phi) is 9.96. The first-order valence-electron chi connectivity index (χ1n) is 14.7. The Morgan fingerprint density at radius 2 is 1.29 bits per heavy atom. The molecule has 4 aromatic carbocycles. The van der Waals surface area contributed by atoms with Gasteiger partial charge in [0, 0.05) is 5.56 Å². The molecule has 1 fully saturated rings. The quantitative estimate of drug-likeness (QED) is 0.146. The lowest BCUT2D eigenvalue weighted by Crippen LogP contribution is -2.53. The van der Waals surface area contributed by atoms with Gasteiger partial charge in [-0.1, -0.05) is 96.2 Å². The van der Waals surface area contributed by atoms with E-state index in [0.717, 1.165) is 28.8 Å². The minimum atomic E-state index is -1.54. The molecule has 0 amide bonds. The molecule has 0 unspecified atom stereocenters. The van der Waals surface area contributed by atoms with Gasteiger partial charge in [-0.25, -0.2) is 17.9 Å². The summed E-state index contributed by atoms with van der Waals surface area (Å²) in [6.07, 6.45) is -0.103. The highest BCUT2D eigenvalue weighted by atomic mass is 19.2. The Morgan fingerprint density at radius 1 is 0.733 bits per heavy atom. The summed E-state index contributed by atoms with van der Waals surface area (Å²) < 4.78 is 68.8. The SMILES string of the molecule is Fc1cc(-c2cn([C@H]3[C@@H](OCc4ccccc4)[C@@H](COCc4ccccc4)OC[C@@H]3OCc3ccccc3)nn2)cc(F)c1F. The molecule has 45 heavy (non-hydrogen) atoms. The molecule has 4 atom stereocenters. The van der Waals surface area contributed by atoms with Crippen molar-refractivity contribution in [3.05, 3.63) is 143 Å². The molecule has 1 aromatic heterocycles.